The van der Waals surface area contributed by atoms with Gasteiger partial charge in [0.25, 0.3) is 0 Å². The van der Waals surface area contributed by atoms with Gasteiger partial charge in [0, 0.05) is 25.4 Å². The van der Waals surface area contributed by atoms with Crippen molar-refractivity contribution in [1.82, 2.24) is 10.6 Å². The molecule has 0 aliphatic heterocycles. The smallest absolute Gasteiger partial charge is 0.223 e. The first-order valence-corrected chi connectivity index (χ1v) is 6.62. The summed E-state index contributed by atoms with van der Waals surface area (Å²) in [6, 6.07) is 0. The molecule has 0 saturated heterocycles. The highest BCUT2D eigenvalue weighted by molar-refractivity contribution is 5.82. The number of hydrogen-bond acceptors (Lipinski definition) is 3. The lowest BCUT2D eigenvalue weighted by Crippen LogP contribution is -2.41. The van der Waals surface area contributed by atoms with Crippen LogP contribution in [0.4, 0.5) is 0 Å². The van der Waals surface area contributed by atoms with Crippen LogP contribution >= 0.6 is 0 Å². The summed E-state index contributed by atoms with van der Waals surface area (Å²) in [5, 5.41) is 15.1. The van der Waals surface area contributed by atoms with Gasteiger partial charge < -0.3 is 15.7 Å². The number of amides is 2. The van der Waals surface area contributed by atoms with E-state index in [1.165, 1.54) is 0 Å². The fraction of sp³-hybridized carbons (Fsp3) is 0.846. The van der Waals surface area contributed by atoms with Crippen molar-refractivity contribution in [2.24, 2.45) is 11.8 Å². The Morgan fingerprint density at radius 1 is 1.39 bits per heavy atom. The molecule has 0 aromatic rings. The maximum absolute atomic E-state index is 11.5. The van der Waals surface area contributed by atoms with E-state index < -0.39 is 5.60 Å². The molecular formula is C13H24N2O3. The average molecular weight is 256 g/mol. The van der Waals surface area contributed by atoms with Gasteiger partial charge in [-0.2, -0.15) is 0 Å². The van der Waals surface area contributed by atoms with Crippen molar-refractivity contribution in [3.63, 3.8) is 0 Å². The van der Waals surface area contributed by atoms with Gasteiger partial charge in [0.15, 0.2) is 0 Å². The zero-order valence-electron chi connectivity index (χ0n) is 11.5. The van der Waals surface area contributed by atoms with Gasteiger partial charge >= 0.3 is 0 Å². The van der Waals surface area contributed by atoms with Gasteiger partial charge in [-0.3, -0.25) is 9.59 Å². The van der Waals surface area contributed by atoms with Crippen LogP contribution in [0.2, 0.25) is 0 Å². The van der Waals surface area contributed by atoms with Crippen LogP contribution in [0.25, 0.3) is 0 Å². The third kappa shape index (κ3) is 5.04. The van der Waals surface area contributed by atoms with E-state index in [4.69, 9.17) is 0 Å². The SMILES string of the molecule is CCC(C)(O)CNC(=O)CCNC(=O)C1CC1C. The molecular weight excluding hydrogens is 232 g/mol. The molecule has 3 atom stereocenters. The van der Waals surface area contributed by atoms with Crippen LogP contribution in [0, 0.1) is 11.8 Å². The lowest BCUT2D eigenvalue weighted by molar-refractivity contribution is -0.123. The summed E-state index contributed by atoms with van der Waals surface area (Å²) in [4.78, 5) is 22.9. The van der Waals surface area contributed by atoms with E-state index in [0.29, 0.717) is 18.9 Å². The fourth-order valence-electron chi connectivity index (χ4n) is 1.62. The monoisotopic (exact) mass is 256 g/mol. The van der Waals surface area contributed by atoms with Crippen molar-refractivity contribution in [3.8, 4) is 0 Å². The molecule has 1 aliphatic carbocycles. The predicted octanol–water partition coefficient (Wildman–Crippen LogP) is 0.426. The number of carbonyl (C=O) groups is 2. The Hall–Kier alpha value is -1.10. The first kappa shape index (κ1) is 15.0. The number of rotatable bonds is 7. The molecule has 0 aromatic carbocycles. The van der Waals surface area contributed by atoms with Gasteiger partial charge in [-0.05, 0) is 25.7 Å². The fourth-order valence-corrected chi connectivity index (χ4v) is 1.62. The Balaban J connectivity index is 2.08. The van der Waals surface area contributed by atoms with Crippen molar-refractivity contribution in [2.75, 3.05) is 13.1 Å². The van der Waals surface area contributed by atoms with E-state index in [9.17, 15) is 14.7 Å². The second-order valence-corrected chi connectivity index (χ2v) is 5.49. The molecule has 2 amide bonds. The summed E-state index contributed by atoms with van der Waals surface area (Å²) in [6.07, 6.45) is 1.80. The van der Waals surface area contributed by atoms with Crippen LogP contribution in [0.5, 0.6) is 0 Å². The molecule has 3 unspecified atom stereocenters. The van der Waals surface area contributed by atoms with Crippen molar-refractivity contribution < 1.29 is 14.7 Å². The topological polar surface area (TPSA) is 78.4 Å². The van der Waals surface area contributed by atoms with Crippen molar-refractivity contribution in [3.05, 3.63) is 0 Å². The summed E-state index contributed by atoms with van der Waals surface area (Å²) in [6.45, 7) is 6.20. The number of hydrogen-bond donors (Lipinski definition) is 3. The second kappa shape index (κ2) is 6.18. The minimum absolute atomic E-state index is 0.0517. The summed E-state index contributed by atoms with van der Waals surface area (Å²) >= 11 is 0. The summed E-state index contributed by atoms with van der Waals surface area (Å²) in [5.41, 5.74) is -0.859. The van der Waals surface area contributed by atoms with Gasteiger partial charge in [0.1, 0.15) is 0 Å². The predicted molar refractivity (Wildman–Crippen MR) is 68.8 cm³/mol. The Bertz CT molecular complexity index is 315. The molecule has 1 aliphatic rings. The molecule has 1 saturated carbocycles. The molecule has 3 N–H and O–H groups in total. The maximum atomic E-state index is 11.5. The van der Waals surface area contributed by atoms with Gasteiger partial charge in [-0.1, -0.05) is 13.8 Å². The minimum Gasteiger partial charge on any atom is -0.388 e. The van der Waals surface area contributed by atoms with E-state index >= 15 is 0 Å². The Morgan fingerprint density at radius 3 is 2.50 bits per heavy atom. The molecule has 0 bridgehead atoms. The van der Waals surface area contributed by atoms with Gasteiger partial charge in [-0.25, -0.2) is 0 Å². The first-order valence-electron chi connectivity index (χ1n) is 6.62. The van der Waals surface area contributed by atoms with Gasteiger partial charge in [0.2, 0.25) is 11.8 Å². The van der Waals surface area contributed by atoms with Crippen LogP contribution in [-0.2, 0) is 9.59 Å². The number of nitrogens with one attached hydrogen (secondary N) is 2. The zero-order chi connectivity index (χ0) is 13.8. The molecule has 5 nitrogen and oxygen atoms in total. The Labute approximate surface area is 108 Å². The quantitative estimate of drug-likeness (QED) is 0.618. The summed E-state index contributed by atoms with van der Waals surface area (Å²) in [5.74, 6) is 0.538. The molecule has 0 aromatic heterocycles. The molecule has 0 spiro atoms. The van der Waals surface area contributed by atoms with Crippen molar-refractivity contribution in [1.29, 1.82) is 0 Å². The Morgan fingerprint density at radius 2 is 2.00 bits per heavy atom. The van der Waals surface area contributed by atoms with Gasteiger partial charge in [0.05, 0.1) is 5.60 Å². The normalized spacial score (nSPS) is 25.1. The number of carbonyl (C=O) groups excluding carboxylic acids is 2. The Kier molecular flexibility index (Phi) is 5.14. The van der Waals surface area contributed by atoms with Crippen LogP contribution < -0.4 is 10.6 Å². The lowest BCUT2D eigenvalue weighted by Gasteiger charge is -2.21. The van der Waals surface area contributed by atoms with E-state index in [1.807, 2.05) is 13.8 Å². The summed E-state index contributed by atoms with van der Waals surface area (Å²) in [7, 11) is 0. The van der Waals surface area contributed by atoms with Crippen LogP contribution in [-0.4, -0.2) is 35.6 Å². The van der Waals surface area contributed by atoms with E-state index in [0.717, 1.165) is 6.42 Å². The standard InChI is InChI=1S/C13H24N2O3/c1-4-13(3,18)8-15-11(16)5-6-14-12(17)10-7-9(10)2/h9-10,18H,4-8H2,1-3H3,(H,14,17)(H,15,16). The highest BCUT2D eigenvalue weighted by Gasteiger charge is 2.38. The van der Waals surface area contributed by atoms with E-state index in [2.05, 4.69) is 10.6 Å². The number of aliphatic hydroxyl groups is 1. The first-order chi connectivity index (χ1) is 8.35. The van der Waals surface area contributed by atoms with E-state index in [1.54, 1.807) is 6.92 Å². The van der Waals surface area contributed by atoms with Crippen LogP contribution in [0.3, 0.4) is 0 Å². The summed E-state index contributed by atoms with van der Waals surface area (Å²) < 4.78 is 0. The minimum atomic E-state index is -0.859. The zero-order valence-corrected chi connectivity index (χ0v) is 11.5. The van der Waals surface area contributed by atoms with Gasteiger partial charge in [-0.15, -0.1) is 0 Å². The highest BCUT2D eigenvalue weighted by Crippen LogP contribution is 2.37. The maximum Gasteiger partial charge on any atom is 0.223 e. The molecule has 0 heterocycles. The molecule has 104 valence electrons. The van der Waals surface area contributed by atoms with Crippen molar-refractivity contribution >= 4 is 11.8 Å². The second-order valence-electron chi connectivity index (χ2n) is 5.49. The largest absolute Gasteiger partial charge is 0.388 e. The third-order valence-corrected chi connectivity index (χ3v) is 3.53. The van der Waals surface area contributed by atoms with Crippen molar-refractivity contribution in [2.45, 2.75) is 45.6 Å². The molecule has 18 heavy (non-hydrogen) atoms. The molecule has 1 rings (SSSR count). The van der Waals surface area contributed by atoms with Crippen LogP contribution in [0.15, 0.2) is 0 Å². The third-order valence-electron chi connectivity index (χ3n) is 3.53. The lowest BCUT2D eigenvalue weighted by atomic mass is 10.0. The van der Waals surface area contributed by atoms with Crippen LogP contribution in [0.1, 0.15) is 40.0 Å². The molecule has 0 radical (unpaired) electrons. The highest BCUT2D eigenvalue weighted by atomic mass is 16.3. The molecule has 1 fully saturated rings. The molecule has 5 heteroatoms. The van der Waals surface area contributed by atoms with E-state index in [-0.39, 0.29) is 30.7 Å². The average Bonchev–Trinajstić information content (AvgIpc) is 3.04.